The molecule has 0 spiro atoms. The number of nitrogens with one attached hydrogen (secondary N) is 1. The molecule has 21 heavy (non-hydrogen) atoms. The molecule has 0 aliphatic heterocycles. The molecule has 0 unspecified atom stereocenters. The molecule has 10 nitrogen and oxygen atoms in total. The van der Waals surface area contributed by atoms with Gasteiger partial charge in [-0.25, -0.2) is 9.59 Å². The molecule has 2 N–H and O–H groups in total. The van der Waals surface area contributed by atoms with Crippen LogP contribution in [0.5, 0.6) is 0 Å². The summed E-state index contributed by atoms with van der Waals surface area (Å²) >= 11 is 0. The Hall–Kier alpha value is -2.36. The molecule has 10 heteroatoms. The number of aliphatic carboxylic acids is 1. The van der Waals surface area contributed by atoms with Crippen molar-refractivity contribution >= 4 is 23.9 Å². The maximum atomic E-state index is 11.8. The zero-order valence-electron chi connectivity index (χ0n) is 11.8. The van der Waals surface area contributed by atoms with Crippen LogP contribution in [-0.4, -0.2) is 81.0 Å². The number of nitrogens with zero attached hydrogens (tertiary/aromatic N) is 1. The smallest absolute Gasteiger partial charge is 0.329 e. The lowest BCUT2D eigenvalue weighted by atomic mass is 10.5. The lowest BCUT2D eigenvalue weighted by Crippen LogP contribution is -2.46. The van der Waals surface area contributed by atoms with E-state index in [0.717, 1.165) is 19.1 Å². The Labute approximate surface area is 120 Å². The molecular weight excluding hydrogens is 288 g/mol. The van der Waals surface area contributed by atoms with E-state index in [0.29, 0.717) is 0 Å². The first-order chi connectivity index (χ1) is 9.90. The monoisotopic (exact) mass is 306 g/mol. The van der Waals surface area contributed by atoms with E-state index in [-0.39, 0.29) is 13.2 Å². The maximum Gasteiger partial charge on any atom is 0.329 e. The highest BCUT2D eigenvalue weighted by Gasteiger charge is 2.20. The topological polar surface area (TPSA) is 131 Å². The van der Waals surface area contributed by atoms with Crippen molar-refractivity contribution in [1.29, 1.82) is 0 Å². The van der Waals surface area contributed by atoms with Crippen LogP contribution in [0.25, 0.3) is 0 Å². The van der Waals surface area contributed by atoms with Gasteiger partial charge in [0.25, 0.3) is 0 Å². The second-order valence-electron chi connectivity index (χ2n) is 3.69. The molecule has 2 amide bonds. The van der Waals surface area contributed by atoms with Crippen LogP contribution in [0.3, 0.4) is 0 Å². The first-order valence-corrected chi connectivity index (χ1v) is 5.86. The van der Waals surface area contributed by atoms with Crippen molar-refractivity contribution in [3.63, 3.8) is 0 Å². The molecule has 0 aromatic carbocycles. The van der Waals surface area contributed by atoms with Gasteiger partial charge in [-0.1, -0.05) is 0 Å². The molecule has 0 aromatic heterocycles. The van der Waals surface area contributed by atoms with Gasteiger partial charge in [0.1, 0.15) is 19.7 Å². The van der Waals surface area contributed by atoms with Gasteiger partial charge < -0.3 is 29.5 Å². The minimum atomic E-state index is -1.13. The average molecular weight is 306 g/mol. The van der Waals surface area contributed by atoms with Crippen LogP contribution in [-0.2, 0) is 28.6 Å². The number of esters is 2. The largest absolute Gasteiger partial charge is 0.480 e. The molecule has 0 radical (unpaired) electrons. The van der Waals surface area contributed by atoms with Gasteiger partial charge in [0, 0.05) is 6.54 Å². The van der Waals surface area contributed by atoms with Gasteiger partial charge in [0.2, 0.25) is 0 Å². The van der Waals surface area contributed by atoms with E-state index < -0.39 is 43.6 Å². The second kappa shape index (κ2) is 10.4. The quantitative estimate of drug-likeness (QED) is 0.386. The molecule has 0 saturated heterocycles. The van der Waals surface area contributed by atoms with E-state index in [1.807, 2.05) is 0 Å². The summed E-state index contributed by atoms with van der Waals surface area (Å²) in [5.41, 5.74) is 0. The van der Waals surface area contributed by atoms with E-state index >= 15 is 0 Å². The van der Waals surface area contributed by atoms with Crippen molar-refractivity contribution in [2.45, 2.75) is 0 Å². The van der Waals surface area contributed by atoms with Crippen LogP contribution < -0.4 is 5.32 Å². The minimum Gasteiger partial charge on any atom is -0.480 e. The normalized spacial score (nSPS) is 9.62. The number of hydrogen-bond donors (Lipinski definition) is 2. The fraction of sp³-hybridized carbons (Fsp3) is 0.636. The Morgan fingerprint density at radius 3 is 2.00 bits per heavy atom. The number of carbonyl (C=O) groups is 4. The van der Waals surface area contributed by atoms with E-state index in [1.54, 1.807) is 0 Å². The van der Waals surface area contributed by atoms with E-state index in [9.17, 15) is 19.2 Å². The number of hydrogen-bond acceptors (Lipinski definition) is 7. The Morgan fingerprint density at radius 1 is 1.05 bits per heavy atom. The summed E-state index contributed by atoms with van der Waals surface area (Å²) in [6, 6.07) is -0.704. The van der Waals surface area contributed by atoms with Crippen molar-refractivity contribution in [1.82, 2.24) is 10.2 Å². The number of amides is 2. The number of carboxylic acid groups (broad SMARTS) is 1. The number of methoxy groups -OCH3 is 2. The van der Waals surface area contributed by atoms with Gasteiger partial charge in [-0.05, 0) is 0 Å². The van der Waals surface area contributed by atoms with Crippen molar-refractivity contribution < 1.29 is 38.5 Å². The fourth-order valence-electron chi connectivity index (χ4n) is 1.14. The predicted octanol–water partition coefficient (Wildman–Crippen LogP) is -1.55. The second-order valence-corrected chi connectivity index (χ2v) is 3.69. The van der Waals surface area contributed by atoms with Crippen molar-refractivity contribution in [3.8, 4) is 0 Å². The Kier molecular flexibility index (Phi) is 9.26. The number of rotatable bonds is 9. The van der Waals surface area contributed by atoms with Crippen molar-refractivity contribution in [2.24, 2.45) is 0 Å². The van der Waals surface area contributed by atoms with E-state index in [1.165, 1.54) is 0 Å². The molecule has 0 aromatic rings. The highest BCUT2D eigenvalue weighted by Crippen LogP contribution is 1.93. The van der Waals surface area contributed by atoms with Crippen LogP contribution >= 0.6 is 0 Å². The van der Waals surface area contributed by atoms with E-state index in [2.05, 4.69) is 14.8 Å². The summed E-state index contributed by atoms with van der Waals surface area (Å²) in [5, 5.41) is 10.7. The Morgan fingerprint density at radius 2 is 1.57 bits per heavy atom. The van der Waals surface area contributed by atoms with Crippen LogP contribution in [0.1, 0.15) is 0 Å². The van der Waals surface area contributed by atoms with Gasteiger partial charge >= 0.3 is 23.9 Å². The first-order valence-electron chi connectivity index (χ1n) is 5.86. The fourth-order valence-corrected chi connectivity index (χ4v) is 1.14. The zero-order chi connectivity index (χ0) is 16.3. The summed E-state index contributed by atoms with van der Waals surface area (Å²) in [4.78, 5) is 45.2. The Bertz CT molecular complexity index is 366. The minimum absolute atomic E-state index is 0.0188. The summed E-state index contributed by atoms with van der Waals surface area (Å²) in [7, 11) is 2.30. The van der Waals surface area contributed by atoms with Crippen molar-refractivity contribution in [3.05, 3.63) is 0 Å². The third-order valence-corrected chi connectivity index (χ3v) is 2.13. The predicted molar refractivity (Wildman–Crippen MR) is 67.5 cm³/mol. The molecule has 120 valence electrons. The molecule has 0 bridgehead atoms. The van der Waals surface area contributed by atoms with Gasteiger partial charge in [-0.15, -0.1) is 0 Å². The summed E-state index contributed by atoms with van der Waals surface area (Å²) in [6.07, 6.45) is 0. The maximum absolute atomic E-state index is 11.8. The van der Waals surface area contributed by atoms with Crippen LogP contribution in [0.15, 0.2) is 0 Å². The molecule has 0 aliphatic rings. The summed E-state index contributed by atoms with van der Waals surface area (Å²) < 4.78 is 13.5. The van der Waals surface area contributed by atoms with Crippen LogP contribution in [0.2, 0.25) is 0 Å². The molecule has 0 saturated carbocycles. The number of ether oxygens (including phenoxy) is 3. The number of carbonyl (C=O) groups excluding carboxylic acids is 3. The Balaban J connectivity index is 4.26. The van der Waals surface area contributed by atoms with E-state index in [4.69, 9.17) is 9.84 Å². The van der Waals surface area contributed by atoms with Crippen LogP contribution in [0.4, 0.5) is 4.79 Å². The highest BCUT2D eigenvalue weighted by molar-refractivity contribution is 5.85. The molecular formula is C11H18N2O8. The molecule has 0 rings (SSSR count). The highest BCUT2D eigenvalue weighted by atomic mass is 16.5. The van der Waals surface area contributed by atoms with Gasteiger partial charge in [0.05, 0.1) is 20.8 Å². The summed E-state index contributed by atoms with van der Waals surface area (Å²) in [5.74, 6) is -2.52. The summed E-state index contributed by atoms with van der Waals surface area (Å²) in [6.45, 7) is -1.34. The third-order valence-electron chi connectivity index (χ3n) is 2.13. The average Bonchev–Trinajstić information content (AvgIpc) is 2.45. The molecule has 0 fully saturated rings. The lowest BCUT2D eigenvalue weighted by molar-refractivity contribution is -0.145. The van der Waals surface area contributed by atoms with Gasteiger partial charge in [0.15, 0.2) is 0 Å². The van der Waals surface area contributed by atoms with Gasteiger partial charge in [-0.3, -0.25) is 9.59 Å². The molecule has 0 heterocycles. The third kappa shape index (κ3) is 9.21. The standard InChI is InChI=1S/C11H18N2O8/c1-19-9(16)5-13(6-10(17)20-2)11(18)12-3-4-21-7-8(14)15/h3-7H2,1-2H3,(H,12,18)(H,14,15). The molecule has 0 atom stereocenters. The van der Waals surface area contributed by atoms with Gasteiger partial charge in [-0.2, -0.15) is 0 Å². The van der Waals surface area contributed by atoms with Crippen LogP contribution in [0, 0.1) is 0 Å². The SMILES string of the molecule is COC(=O)CN(CC(=O)OC)C(=O)NCCOCC(=O)O. The zero-order valence-corrected chi connectivity index (χ0v) is 11.8. The van der Waals surface area contributed by atoms with Crippen molar-refractivity contribution in [2.75, 3.05) is 47.1 Å². The first kappa shape index (κ1) is 18.6. The number of carboxylic acids is 1. The lowest BCUT2D eigenvalue weighted by Gasteiger charge is -2.20. The number of urea groups is 1. The molecule has 0 aliphatic carbocycles.